The standard InChI is InChI=1S/C28H28P2.C7H8.BF4.Rh/c1-5-15-25(16-6-1)29(26-17-7-2-8-18-26)23-13-14-24-30(27-19-9-3-10-20-27)28-21-11-4-12-22-28;1-2-7-4-3-6(1)5-7;2-1(3,4)5;/h1-12,15-22H,13-14,23-24H2;1-4,6-7H,5H2;;/q;;-1;+2. The van der Waals surface area contributed by atoms with Crippen LogP contribution in [0.2, 0.25) is 0 Å². The van der Waals surface area contributed by atoms with Gasteiger partial charge in [-0.05, 0) is 106 Å². The number of rotatable bonds is 9. The van der Waals surface area contributed by atoms with Crippen molar-refractivity contribution in [2.24, 2.45) is 11.8 Å². The summed E-state index contributed by atoms with van der Waals surface area (Å²) in [6.45, 7) is 0. The molecule has 2 bridgehead atoms. The van der Waals surface area contributed by atoms with E-state index in [1.54, 1.807) is 0 Å². The number of unbranched alkanes of at least 4 members (excludes halogenated alkanes) is 1. The van der Waals surface area contributed by atoms with Gasteiger partial charge in [-0.3, -0.25) is 0 Å². The van der Waals surface area contributed by atoms with Crippen LogP contribution in [0.15, 0.2) is 121 Å². The van der Waals surface area contributed by atoms with E-state index in [9.17, 15) is 17.3 Å². The van der Waals surface area contributed by atoms with Crippen LogP contribution >= 0.6 is 15.8 Å². The van der Waals surface area contributed by atoms with Gasteiger partial charge in [0.15, 0.2) is 0 Å². The first-order valence-electron chi connectivity index (χ1n) is 14.4. The predicted molar refractivity (Wildman–Crippen MR) is 176 cm³/mol. The molecule has 0 N–H and O–H groups in total. The fourth-order valence-corrected chi connectivity index (χ4v) is 9.95. The minimum absolute atomic E-state index is 0. The first kappa shape index (κ1) is 35.6. The molecule has 0 unspecified atom stereocenters. The Morgan fingerprint density at radius 2 is 0.698 bits per heavy atom. The van der Waals surface area contributed by atoms with Gasteiger partial charge in [-0.1, -0.05) is 121 Å². The number of hydrogen-bond donors (Lipinski definition) is 0. The number of hydrogen-bond acceptors (Lipinski definition) is 0. The summed E-state index contributed by atoms with van der Waals surface area (Å²) in [5.41, 5.74) is 0. The summed E-state index contributed by atoms with van der Waals surface area (Å²) in [5.74, 6) is 1.62. The van der Waals surface area contributed by atoms with Crippen molar-refractivity contribution in [3.05, 3.63) is 147 Å². The molecule has 43 heavy (non-hydrogen) atoms. The smallest absolute Gasteiger partial charge is 0.418 e. The Bertz CT molecular complexity index is 1090. The molecule has 2 aliphatic carbocycles. The molecule has 0 heterocycles. The zero-order valence-corrected chi connectivity index (χ0v) is 27.3. The van der Waals surface area contributed by atoms with Crippen LogP contribution in [0.3, 0.4) is 0 Å². The maximum atomic E-state index is 9.75. The fraction of sp³-hybridized carbons (Fsp3) is 0.200. The molecule has 2 fully saturated rings. The van der Waals surface area contributed by atoms with Crippen LogP contribution in [0.25, 0.3) is 0 Å². The van der Waals surface area contributed by atoms with E-state index in [1.807, 2.05) is 0 Å². The second-order valence-corrected chi connectivity index (χ2v) is 14.9. The van der Waals surface area contributed by atoms with E-state index < -0.39 is 7.25 Å². The molecule has 0 nitrogen and oxygen atoms in total. The Labute approximate surface area is 270 Å². The van der Waals surface area contributed by atoms with Crippen LogP contribution in [-0.4, -0.2) is 19.6 Å². The number of fused-ring (bicyclic) bond motifs is 2. The van der Waals surface area contributed by atoms with Gasteiger partial charge in [0, 0.05) is 0 Å². The van der Waals surface area contributed by atoms with Crippen molar-refractivity contribution in [2.45, 2.75) is 19.3 Å². The average molecular weight is 708 g/mol. The molecule has 0 amide bonds. The molecular weight excluding hydrogens is 672 g/mol. The molecule has 225 valence electrons. The third kappa shape index (κ3) is 13.0. The van der Waals surface area contributed by atoms with Gasteiger partial charge >= 0.3 is 26.7 Å². The topological polar surface area (TPSA) is 0 Å². The van der Waals surface area contributed by atoms with Crippen LogP contribution in [-0.2, 0) is 19.5 Å². The Morgan fingerprint density at radius 3 is 0.884 bits per heavy atom. The van der Waals surface area contributed by atoms with Crippen LogP contribution in [0.4, 0.5) is 17.3 Å². The Hall–Kier alpha value is -1.85. The molecule has 0 aromatic heterocycles. The quantitative estimate of drug-likeness (QED) is 0.0707. The fourth-order valence-electron chi connectivity index (χ4n) is 5.11. The first-order valence-corrected chi connectivity index (χ1v) is 17.4. The zero-order valence-electron chi connectivity index (χ0n) is 23.9. The third-order valence-corrected chi connectivity index (χ3v) is 12.3. The van der Waals surface area contributed by atoms with Gasteiger partial charge < -0.3 is 17.3 Å². The molecule has 2 aliphatic rings. The summed E-state index contributed by atoms with van der Waals surface area (Å²) >= 11 is 0. The molecule has 2 saturated carbocycles. The van der Waals surface area contributed by atoms with Gasteiger partial charge in [-0.25, -0.2) is 0 Å². The van der Waals surface area contributed by atoms with Gasteiger partial charge in [-0.2, -0.15) is 0 Å². The second-order valence-electron chi connectivity index (χ2n) is 10.2. The average Bonchev–Trinajstić information content (AvgIpc) is 3.67. The summed E-state index contributed by atoms with van der Waals surface area (Å²) in [7, 11) is -6.57. The van der Waals surface area contributed by atoms with Crippen molar-refractivity contribution < 1.29 is 36.7 Å². The Morgan fingerprint density at radius 1 is 0.465 bits per heavy atom. The Balaban J connectivity index is 0.000000322. The van der Waals surface area contributed by atoms with Crippen LogP contribution in [0.5, 0.6) is 0 Å². The largest absolute Gasteiger partial charge is 2.00 e. The van der Waals surface area contributed by atoms with Crippen molar-refractivity contribution in [3.8, 4) is 0 Å². The van der Waals surface area contributed by atoms with Gasteiger partial charge in [0.05, 0.1) is 0 Å². The molecule has 6 rings (SSSR count). The maximum absolute atomic E-state index is 9.75. The monoisotopic (exact) mass is 708 g/mol. The molecular formula is C35H36BF4P2Rh+. The summed E-state index contributed by atoms with van der Waals surface area (Å²) in [4.78, 5) is 0. The predicted octanol–water partition coefficient (Wildman–Crippen LogP) is 8.78. The van der Waals surface area contributed by atoms with Gasteiger partial charge in [0.2, 0.25) is 0 Å². The van der Waals surface area contributed by atoms with Gasteiger partial charge in [0.1, 0.15) is 0 Å². The SMILES string of the molecule is F[B-](F)(F)F.[CH]1[CH]C2[CH][CH]C1C2.[Rh+2].c1ccc(P(CCCCP(c2ccccc2)c2ccccc2)c2ccccc2)cc1. The van der Waals surface area contributed by atoms with E-state index in [2.05, 4.69) is 147 Å². The van der Waals surface area contributed by atoms with Gasteiger partial charge in [-0.15, -0.1) is 0 Å². The minimum Gasteiger partial charge on any atom is -0.418 e. The third-order valence-electron chi connectivity index (χ3n) is 7.04. The molecule has 8 heteroatoms. The van der Waals surface area contributed by atoms with E-state index in [0.717, 1.165) is 11.8 Å². The molecule has 5 radical (unpaired) electrons. The van der Waals surface area contributed by atoms with Crippen LogP contribution in [0, 0.1) is 37.5 Å². The Kier molecular flexibility index (Phi) is 15.6. The van der Waals surface area contributed by atoms with E-state index >= 15 is 0 Å². The summed E-state index contributed by atoms with van der Waals surface area (Å²) in [6.07, 6.45) is 15.6. The molecule has 4 aromatic carbocycles. The molecule has 0 saturated heterocycles. The second kappa shape index (κ2) is 18.8. The van der Waals surface area contributed by atoms with Crippen molar-refractivity contribution in [1.82, 2.24) is 0 Å². The molecule has 4 aromatic rings. The van der Waals surface area contributed by atoms with Gasteiger partial charge in [0.25, 0.3) is 0 Å². The number of benzene rings is 4. The van der Waals surface area contributed by atoms with Crippen molar-refractivity contribution in [3.63, 3.8) is 0 Å². The van der Waals surface area contributed by atoms with Crippen molar-refractivity contribution >= 4 is 44.3 Å². The van der Waals surface area contributed by atoms with Crippen molar-refractivity contribution in [2.75, 3.05) is 12.3 Å². The molecule has 0 atom stereocenters. The number of halogens is 4. The zero-order chi connectivity index (χ0) is 29.6. The van der Waals surface area contributed by atoms with E-state index in [0.29, 0.717) is 0 Å². The van der Waals surface area contributed by atoms with Crippen molar-refractivity contribution in [1.29, 1.82) is 0 Å². The van der Waals surface area contributed by atoms with Crippen LogP contribution < -0.4 is 21.2 Å². The van der Waals surface area contributed by atoms with E-state index in [1.165, 1.54) is 52.8 Å². The minimum atomic E-state index is -6.00. The van der Waals surface area contributed by atoms with E-state index in [4.69, 9.17) is 0 Å². The molecule has 0 spiro atoms. The van der Waals surface area contributed by atoms with E-state index in [-0.39, 0.29) is 35.3 Å². The normalized spacial score (nSPS) is 17.0. The summed E-state index contributed by atoms with van der Waals surface area (Å²) < 4.78 is 39.0. The summed E-state index contributed by atoms with van der Waals surface area (Å²) in [6, 6.07) is 44.3. The van der Waals surface area contributed by atoms with Crippen LogP contribution in [0.1, 0.15) is 19.3 Å². The first-order chi connectivity index (χ1) is 20.4. The molecule has 0 aliphatic heterocycles. The maximum Gasteiger partial charge on any atom is 2.00 e. The summed E-state index contributed by atoms with van der Waals surface area (Å²) in [5, 5.41) is 5.97.